The van der Waals surface area contributed by atoms with Crippen LogP contribution in [0.1, 0.15) is 35.7 Å². The quantitative estimate of drug-likeness (QED) is 0.493. The van der Waals surface area contributed by atoms with Gasteiger partial charge in [-0.2, -0.15) is 0 Å². The maximum Gasteiger partial charge on any atom is 0.256 e. The number of aromatic amines is 1. The predicted molar refractivity (Wildman–Crippen MR) is 121 cm³/mol. The van der Waals surface area contributed by atoms with Crippen LogP contribution in [-0.4, -0.2) is 19.9 Å². The van der Waals surface area contributed by atoms with Crippen LogP contribution in [0.2, 0.25) is 0 Å². The molecule has 0 spiro atoms. The van der Waals surface area contributed by atoms with E-state index in [1.54, 1.807) is 0 Å². The number of H-pyrrole nitrogens is 1. The number of hydrogen-bond donors (Lipinski definition) is 2. The van der Waals surface area contributed by atoms with Crippen molar-refractivity contribution in [3.05, 3.63) is 75.2 Å². The highest BCUT2D eigenvalue weighted by molar-refractivity contribution is 5.83. The monoisotopic (exact) mass is 399 g/mol. The molecule has 6 nitrogen and oxygen atoms in total. The van der Waals surface area contributed by atoms with Crippen LogP contribution >= 0.6 is 0 Å². The summed E-state index contributed by atoms with van der Waals surface area (Å²) in [6.45, 7) is 8.16. The Morgan fingerprint density at radius 1 is 0.967 bits per heavy atom. The van der Waals surface area contributed by atoms with E-state index in [1.165, 1.54) is 11.1 Å². The molecule has 4 rings (SSSR count). The smallest absolute Gasteiger partial charge is 0.256 e. The number of hydrogen-bond acceptors (Lipinski definition) is 5. The summed E-state index contributed by atoms with van der Waals surface area (Å²) in [6.07, 6.45) is 1.53. The van der Waals surface area contributed by atoms with E-state index < -0.39 is 0 Å². The van der Waals surface area contributed by atoms with E-state index in [1.807, 2.05) is 37.3 Å². The normalized spacial score (nSPS) is 11.1. The van der Waals surface area contributed by atoms with E-state index in [0.29, 0.717) is 29.6 Å². The van der Waals surface area contributed by atoms with Gasteiger partial charge in [0.15, 0.2) is 0 Å². The van der Waals surface area contributed by atoms with Gasteiger partial charge in [0, 0.05) is 16.5 Å². The Balaban J connectivity index is 1.79. The molecule has 0 unspecified atom stereocenters. The van der Waals surface area contributed by atoms with Gasteiger partial charge in [-0.05, 0) is 50.5 Å². The molecule has 0 bridgehead atoms. The lowest BCUT2D eigenvalue weighted by Crippen LogP contribution is -2.18. The number of aromatic nitrogens is 4. The standard InChI is InChI=1S/C24H25N5O/c1-5-9-18-21(17-10-7-6-8-11-17)27-24(28-22(18)30)29-23-25-16(4)19-12-14(2)15(3)13-20(19)26-23/h6-8,10-13H,5,9H2,1-4H3,(H2,25,26,27,28,29,30). The van der Waals surface area contributed by atoms with Crippen molar-refractivity contribution >= 4 is 22.8 Å². The fraction of sp³-hybridized carbons (Fsp3) is 0.250. The second-order valence-corrected chi connectivity index (χ2v) is 7.57. The van der Waals surface area contributed by atoms with E-state index in [2.05, 4.69) is 53.2 Å². The van der Waals surface area contributed by atoms with Crippen molar-refractivity contribution in [3.63, 3.8) is 0 Å². The van der Waals surface area contributed by atoms with Gasteiger partial charge in [0.05, 0.1) is 16.9 Å². The van der Waals surface area contributed by atoms with Gasteiger partial charge in [-0.1, -0.05) is 43.7 Å². The Kier molecular flexibility index (Phi) is 5.31. The average molecular weight is 399 g/mol. The largest absolute Gasteiger partial charge is 0.294 e. The SMILES string of the molecule is CCCc1c(-c2ccccc2)nc(Nc2nc(C)c3cc(C)c(C)cc3n2)[nH]c1=O. The summed E-state index contributed by atoms with van der Waals surface area (Å²) in [6, 6.07) is 13.9. The van der Waals surface area contributed by atoms with Crippen LogP contribution in [-0.2, 0) is 6.42 Å². The summed E-state index contributed by atoms with van der Waals surface area (Å²) in [5, 5.41) is 4.12. The average Bonchev–Trinajstić information content (AvgIpc) is 2.72. The Morgan fingerprint density at radius 3 is 2.43 bits per heavy atom. The molecule has 30 heavy (non-hydrogen) atoms. The first-order valence-corrected chi connectivity index (χ1v) is 10.2. The Bertz CT molecular complexity index is 1280. The van der Waals surface area contributed by atoms with E-state index in [-0.39, 0.29) is 5.56 Å². The lowest BCUT2D eigenvalue weighted by atomic mass is 10.0. The highest BCUT2D eigenvalue weighted by atomic mass is 16.1. The van der Waals surface area contributed by atoms with Gasteiger partial charge >= 0.3 is 0 Å². The number of rotatable bonds is 5. The molecule has 2 aromatic heterocycles. The lowest BCUT2D eigenvalue weighted by molar-refractivity contribution is 0.889. The van der Waals surface area contributed by atoms with Gasteiger partial charge in [0.2, 0.25) is 11.9 Å². The van der Waals surface area contributed by atoms with Gasteiger partial charge in [-0.3, -0.25) is 15.1 Å². The molecule has 0 amide bonds. The second-order valence-electron chi connectivity index (χ2n) is 7.57. The zero-order chi connectivity index (χ0) is 21.3. The molecule has 6 heteroatoms. The Hall–Kier alpha value is -3.54. The highest BCUT2D eigenvalue weighted by Crippen LogP contribution is 2.24. The number of aryl methyl sites for hydroxylation is 3. The van der Waals surface area contributed by atoms with E-state index >= 15 is 0 Å². The summed E-state index contributed by atoms with van der Waals surface area (Å²) in [5.41, 5.74) is 6.27. The number of benzene rings is 2. The Labute approximate surface area is 175 Å². The van der Waals surface area contributed by atoms with Crippen molar-refractivity contribution in [1.29, 1.82) is 0 Å². The molecular formula is C24H25N5O. The first-order valence-electron chi connectivity index (χ1n) is 10.2. The molecule has 0 radical (unpaired) electrons. The fourth-order valence-corrected chi connectivity index (χ4v) is 3.58. The molecular weight excluding hydrogens is 374 g/mol. The van der Waals surface area contributed by atoms with Crippen LogP contribution in [0, 0.1) is 20.8 Å². The third-order valence-electron chi connectivity index (χ3n) is 5.29. The molecule has 0 fully saturated rings. The number of anilines is 2. The van der Waals surface area contributed by atoms with Crippen LogP contribution in [0.25, 0.3) is 22.2 Å². The van der Waals surface area contributed by atoms with E-state index in [4.69, 9.17) is 4.98 Å². The minimum Gasteiger partial charge on any atom is -0.294 e. The molecule has 2 aromatic carbocycles. The topological polar surface area (TPSA) is 83.6 Å². The molecule has 0 atom stereocenters. The predicted octanol–water partition coefficient (Wildman–Crippen LogP) is 5.00. The van der Waals surface area contributed by atoms with E-state index in [9.17, 15) is 4.79 Å². The van der Waals surface area contributed by atoms with Crippen molar-refractivity contribution in [3.8, 4) is 11.3 Å². The molecule has 2 heterocycles. The van der Waals surface area contributed by atoms with Crippen LogP contribution in [0.5, 0.6) is 0 Å². The van der Waals surface area contributed by atoms with Gasteiger partial charge < -0.3 is 0 Å². The van der Waals surface area contributed by atoms with Gasteiger partial charge in [0.25, 0.3) is 5.56 Å². The van der Waals surface area contributed by atoms with Crippen molar-refractivity contribution in [2.45, 2.75) is 40.5 Å². The molecule has 2 N–H and O–H groups in total. The summed E-state index contributed by atoms with van der Waals surface area (Å²) >= 11 is 0. The molecule has 0 aliphatic rings. The Morgan fingerprint density at radius 2 is 1.70 bits per heavy atom. The van der Waals surface area contributed by atoms with Gasteiger partial charge in [0.1, 0.15) is 0 Å². The zero-order valence-corrected chi connectivity index (χ0v) is 17.7. The third-order valence-corrected chi connectivity index (χ3v) is 5.29. The molecule has 4 aromatic rings. The van der Waals surface area contributed by atoms with Crippen LogP contribution in [0.3, 0.4) is 0 Å². The first-order chi connectivity index (χ1) is 14.5. The van der Waals surface area contributed by atoms with Crippen LogP contribution in [0.4, 0.5) is 11.9 Å². The summed E-state index contributed by atoms with van der Waals surface area (Å²) < 4.78 is 0. The molecule has 0 aliphatic heterocycles. The van der Waals surface area contributed by atoms with Crippen molar-refractivity contribution in [2.75, 3.05) is 5.32 Å². The van der Waals surface area contributed by atoms with Gasteiger partial charge in [-0.25, -0.2) is 15.0 Å². The number of nitrogens with zero attached hydrogens (tertiary/aromatic N) is 3. The molecule has 152 valence electrons. The number of nitrogens with one attached hydrogen (secondary N) is 2. The minimum absolute atomic E-state index is 0.141. The number of fused-ring (bicyclic) bond motifs is 1. The second kappa shape index (κ2) is 8.06. The maximum absolute atomic E-state index is 12.8. The summed E-state index contributed by atoms with van der Waals surface area (Å²) in [5.74, 6) is 0.745. The lowest BCUT2D eigenvalue weighted by Gasteiger charge is -2.12. The van der Waals surface area contributed by atoms with Crippen LogP contribution < -0.4 is 10.9 Å². The summed E-state index contributed by atoms with van der Waals surface area (Å²) in [4.78, 5) is 29.6. The van der Waals surface area contributed by atoms with Crippen molar-refractivity contribution in [1.82, 2.24) is 19.9 Å². The molecule has 0 saturated heterocycles. The van der Waals surface area contributed by atoms with Gasteiger partial charge in [-0.15, -0.1) is 0 Å². The van der Waals surface area contributed by atoms with E-state index in [0.717, 1.165) is 28.6 Å². The third kappa shape index (κ3) is 3.81. The first kappa shape index (κ1) is 19.8. The molecule has 0 saturated carbocycles. The highest BCUT2D eigenvalue weighted by Gasteiger charge is 2.14. The van der Waals surface area contributed by atoms with Crippen LogP contribution in [0.15, 0.2) is 47.3 Å². The minimum atomic E-state index is -0.141. The zero-order valence-electron chi connectivity index (χ0n) is 17.7. The maximum atomic E-state index is 12.8. The fourth-order valence-electron chi connectivity index (χ4n) is 3.58. The summed E-state index contributed by atoms with van der Waals surface area (Å²) in [7, 11) is 0. The molecule has 0 aliphatic carbocycles. The van der Waals surface area contributed by atoms with Crippen molar-refractivity contribution in [2.24, 2.45) is 0 Å². The van der Waals surface area contributed by atoms with Crippen molar-refractivity contribution < 1.29 is 0 Å².